The maximum Gasteiger partial charge on any atom is 0.262 e. The van der Waals surface area contributed by atoms with Gasteiger partial charge in [-0.2, -0.15) is 0 Å². The van der Waals surface area contributed by atoms with Crippen molar-refractivity contribution in [2.45, 2.75) is 6.04 Å². The molecule has 0 saturated carbocycles. The Hall–Kier alpha value is -2.42. The van der Waals surface area contributed by atoms with Crippen molar-refractivity contribution in [2.24, 2.45) is 0 Å². The third-order valence-electron chi connectivity index (χ3n) is 3.87. The van der Waals surface area contributed by atoms with Gasteiger partial charge in [0, 0.05) is 23.0 Å². The molecule has 1 atom stereocenters. The molecule has 0 spiro atoms. The number of benzene rings is 2. The van der Waals surface area contributed by atoms with Gasteiger partial charge in [-0.3, -0.25) is 14.9 Å². The number of methoxy groups -OCH3 is 1. The maximum atomic E-state index is 12.2. The van der Waals surface area contributed by atoms with Crippen LogP contribution >= 0.6 is 24.2 Å². The van der Waals surface area contributed by atoms with Crippen molar-refractivity contribution in [1.82, 2.24) is 5.32 Å². The lowest BCUT2D eigenvalue weighted by molar-refractivity contribution is -0.118. The monoisotopic (exact) mass is 423 g/mol. The first-order valence-corrected chi connectivity index (χ1v) is 9.59. The Morgan fingerprint density at radius 1 is 1.11 bits per heavy atom. The van der Waals surface area contributed by atoms with Crippen LogP contribution in [0, 0.1) is 0 Å². The van der Waals surface area contributed by atoms with Gasteiger partial charge in [0.25, 0.3) is 5.91 Å². The zero-order chi connectivity index (χ0) is 19.1. The summed E-state index contributed by atoms with van der Waals surface area (Å²) in [6.07, 6.45) is 0. The van der Waals surface area contributed by atoms with Crippen LogP contribution in [0.1, 0.15) is 0 Å². The Morgan fingerprint density at radius 3 is 2.50 bits per heavy atom. The van der Waals surface area contributed by atoms with Crippen LogP contribution in [-0.4, -0.2) is 43.2 Å². The topological polar surface area (TPSA) is 88.7 Å². The van der Waals surface area contributed by atoms with Crippen LogP contribution in [0.15, 0.2) is 48.5 Å². The molecule has 1 aliphatic heterocycles. The summed E-state index contributed by atoms with van der Waals surface area (Å²) in [5.74, 6) is 2.20. The highest BCUT2D eigenvalue weighted by molar-refractivity contribution is 7.99. The minimum Gasteiger partial charge on any atom is -0.493 e. The quantitative estimate of drug-likeness (QED) is 0.634. The number of halogens is 1. The predicted molar refractivity (Wildman–Crippen MR) is 114 cm³/mol. The molecule has 3 N–H and O–H groups in total. The minimum atomic E-state index is -0.307. The van der Waals surface area contributed by atoms with Crippen LogP contribution in [0.25, 0.3) is 0 Å². The Bertz CT molecular complexity index is 815. The van der Waals surface area contributed by atoms with Crippen LogP contribution in [0.5, 0.6) is 11.5 Å². The summed E-state index contributed by atoms with van der Waals surface area (Å²) in [5, 5.41) is 8.73. The SMILES string of the molecule is COc1ccccc1OCC(=O)Nc1cccc(NC(=O)C2CSCN2)c1.Cl. The molecule has 28 heavy (non-hydrogen) atoms. The van der Waals surface area contributed by atoms with E-state index in [-0.39, 0.29) is 36.9 Å². The molecule has 2 amide bonds. The van der Waals surface area contributed by atoms with Crippen LogP contribution in [-0.2, 0) is 9.59 Å². The molecule has 0 bridgehead atoms. The Balaban J connectivity index is 0.00000280. The molecule has 150 valence electrons. The largest absolute Gasteiger partial charge is 0.493 e. The van der Waals surface area contributed by atoms with E-state index in [0.717, 1.165) is 11.6 Å². The van der Waals surface area contributed by atoms with E-state index in [1.165, 1.54) is 0 Å². The van der Waals surface area contributed by atoms with Crippen molar-refractivity contribution in [3.63, 3.8) is 0 Å². The Morgan fingerprint density at radius 2 is 1.82 bits per heavy atom. The van der Waals surface area contributed by atoms with Gasteiger partial charge in [-0.15, -0.1) is 24.2 Å². The summed E-state index contributed by atoms with van der Waals surface area (Å²) >= 11 is 1.69. The number of thioether (sulfide) groups is 1. The molecule has 0 radical (unpaired) electrons. The van der Waals surface area contributed by atoms with Crippen molar-refractivity contribution in [2.75, 3.05) is 36.0 Å². The van der Waals surface area contributed by atoms with E-state index in [2.05, 4.69) is 16.0 Å². The number of carbonyl (C=O) groups excluding carboxylic acids is 2. The van der Waals surface area contributed by atoms with E-state index in [1.807, 2.05) is 6.07 Å². The van der Waals surface area contributed by atoms with Gasteiger partial charge >= 0.3 is 0 Å². The normalized spacial score (nSPS) is 15.2. The first kappa shape index (κ1) is 21.9. The van der Waals surface area contributed by atoms with Crippen molar-refractivity contribution in [3.05, 3.63) is 48.5 Å². The van der Waals surface area contributed by atoms with Crippen molar-refractivity contribution in [3.8, 4) is 11.5 Å². The average molecular weight is 424 g/mol. The molecule has 1 saturated heterocycles. The summed E-state index contributed by atoms with van der Waals surface area (Å²) in [6.45, 7) is -0.153. The lowest BCUT2D eigenvalue weighted by Gasteiger charge is -2.13. The molecule has 2 aromatic rings. The van der Waals surface area contributed by atoms with Gasteiger partial charge in [-0.25, -0.2) is 0 Å². The summed E-state index contributed by atoms with van der Waals surface area (Å²) in [5.41, 5.74) is 1.21. The highest BCUT2D eigenvalue weighted by atomic mass is 35.5. The van der Waals surface area contributed by atoms with Crippen LogP contribution in [0.2, 0.25) is 0 Å². The highest BCUT2D eigenvalue weighted by Crippen LogP contribution is 2.25. The van der Waals surface area contributed by atoms with E-state index >= 15 is 0 Å². The number of hydrogen-bond acceptors (Lipinski definition) is 6. The molecule has 1 heterocycles. The van der Waals surface area contributed by atoms with Crippen molar-refractivity contribution in [1.29, 1.82) is 0 Å². The van der Waals surface area contributed by atoms with E-state index in [1.54, 1.807) is 61.3 Å². The van der Waals surface area contributed by atoms with Gasteiger partial charge in [0.05, 0.1) is 13.2 Å². The van der Waals surface area contributed by atoms with E-state index < -0.39 is 0 Å². The first-order valence-electron chi connectivity index (χ1n) is 8.43. The second-order valence-corrected chi connectivity index (χ2v) is 6.86. The predicted octanol–water partition coefficient (Wildman–Crippen LogP) is 2.74. The molecule has 0 aliphatic carbocycles. The second-order valence-electron chi connectivity index (χ2n) is 5.83. The lowest BCUT2D eigenvalue weighted by Crippen LogP contribution is -2.37. The molecule has 1 unspecified atom stereocenters. The summed E-state index contributed by atoms with van der Waals surface area (Å²) < 4.78 is 10.7. The lowest BCUT2D eigenvalue weighted by atomic mass is 10.2. The van der Waals surface area contributed by atoms with E-state index in [9.17, 15) is 9.59 Å². The molecule has 3 rings (SSSR count). The third-order valence-corrected chi connectivity index (χ3v) is 4.81. The summed E-state index contributed by atoms with van der Waals surface area (Å²) in [4.78, 5) is 24.3. The Kier molecular flexibility index (Phi) is 8.43. The number of ether oxygens (including phenoxy) is 2. The van der Waals surface area contributed by atoms with Gasteiger partial charge in [0.15, 0.2) is 18.1 Å². The van der Waals surface area contributed by atoms with Gasteiger partial charge in [-0.1, -0.05) is 18.2 Å². The number of amides is 2. The number of hydrogen-bond donors (Lipinski definition) is 3. The smallest absolute Gasteiger partial charge is 0.262 e. The molecule has 7 nitrogen and oxygen atoms in total. The van der Waals surface area contributed by atoms with Gasteiger partial charge in [-0.05, 0) is 30.3 Å². The highest BCUT2D eigenvalue weighted by Gasteiger charge is 2.22. The van der Waals surface area contributed by atoms with Gasteiger partial charge < -0.3 is 20.1 Å². The van der Waals surface area contributed by atoms with E-state index in [4.69, 9.17) is 9.47 Å². The average Bonchev–Trinajstić information content (AvgIpc) is 3.22. The fourth-order valence-electron chi connectivity index (χ4n) is 2.55. The molecule has 1 fully saturated rings. The van der Waals surface area contributed by atoms with Gasteiger partial charge in [0.2, 0.25) is 5.91 Å². The summed E-state index contributed by atoms with van der Waals surface area (Å²) in [6, 6.07) is 13.9. The van der Waals surface area contributed by atoms with Crippen LogP contribution in [0.4, 0.5) is 11.4 Å². The fraction of sp³-hybridized carbons (Fsp3) is 0.263. The van der Waals surface area contributed by atoms with Crippen LogP contribution in [0.3, 0.4) is 0 Å². The molecule has 2 aromatic carbocycles. The van der Waals surface area contributed by atoms with Gasteiger partial charge in [0.1, 0.15) is 0 Å². The minimum absolute atomic E-state index is 0. The summed E-state index contributed by atoms with van der Waals surface area (Å²) in [7, 11) is 1.54. The number of nitrogens with one attached hydrogen (secondary N) is 3. The molecule has 9 heteroatoms. The fourth-order valence-corrected chi connectivity index (χ4v) is 3.49. The number of carbonyl (C=O) groups is 2. The molecule has 1 aliphatic rings. The number of rotatable bonds is 7. The third kappa shape index (κ3) is 6.05. The van der Waals surface area contributed by atoms with E-state index in [0.29, 0.717) is 22.9 Å². The molecular formula is C19H22ClN3O4S. The van der Waals surface area contributed by atoms with Crippen molar-refractivity contribution < 1.29 is 19.1 Å². The Labute approximate surface area is 174 Å². The van der Waals surface area contributed by atoms with Crippen LogP contribution < -0.4 is 25.4 Å². The standard InChI is InChI=1S/C19H21N3O4S.ClH/c1-25-16-7-2-3-8-17(16)26-10-18(23)21-13-5-4-6-14(9-13)22-19(24)15-11-27-12-20-15;/h2-9,15,20H,10-12H2,1H3,(H,21,23)(H,22,24);1H. The van der Waals surface area contributed by atoms with Crippen molar-refractivity contribution >= 4 is 47.4 Å². The first-order chi connectivity index (χ1) is 13.2. The zero-order valence-electron chi connectivity index (χ0n) is 15.3. The maximum absolute atomic E-state index is 12.2. The zero-order valence-corrected chi connectivity index (χ0v) is 16.9. The number of anilines is 2. The molecule has 0 aromatic heterocycles. The number of para-hydroxylation sites is 2. The molecular weight excluding hydrogens is 402 g/mol. The second kappa shape index (κ2) is 10.8.